The molecule has 2 aliphatic rings. The monoisotopic (exact) mass is 297 g/mol. The van der Waals surface area contributed by atoms with Gasteiger partial charge >= 0.3 is 12.0 Å². The van der Waals surface area contributed by atoms with Gasteiger partial charge in [-0.1, -0.05) is 19.8 Å². The van der Waals surface area contributed by atoms with Gasteiger partial charge in [-0.15, -0.1) is 0 Å². The molecule has 2 fully saturated rings. The van der Waals surface area contributed by atoms with E-state index in [1.165, 1.54) is 30.6 Å². The molecule has 1 N–H and O–H groups in total. The van der Waals surface area contributed by atoms with Gasteiger partial charge in [0, 0.05) is 45.8 Å². The molecule has 0 aromatic rings. The van der Waals surface area contributed by atoms with Crippen molar-refractivity contribution in [2.75, 3.05) is 39.8 Å². The largest absolute Gasteiger partial charge is 0.481 e. The zero-order valence-corrected chi connectivity index (χ0v) is 13.1. The second-order valence-electron chi connectivity index (χ2n) is 6.36. The van der Waals surface area contributed by atoms with Crippen LogP contribution in [0.4, 0.5) is 4.79 Å². The number of amides is 2. The molecule has 1 aliphatic heterocycles. The average molecular weight is 297 g/mol. The summed E-state index contributed by atoms with van der Waals surface area (Å²) in [5, 5.41) is 8.92. The van der Waals surface area contributed by atoms with E-state index in [1.807, 2.05) is 4.90 Å². The Hall–Kier alpha value is -1.30. The molecule has 2 amide bonds. The molecule has 0 aromatic carbocycles. The molecule has 1 atom stereocenters. The molecule has 6 heteroatoms. The number of urea groups is 1. The summed E-state index contributed by atoms with van der Waals surface area (Å²) < 4.78 is 0. The Morgan fingerprint density at radius 2 is 1.76 bits per heavy atom. The fourth-order valence-corrected chi connectivity index (χ4v) is 3.36. The molecular weight excluding hydrogens is 270 g/mol. The van der Waals surface area contributed by atoms with Crippen LogP contribution in [0.5, 0.6) is 0 Å². The van der Waals surface area contributed by atoms with Crippen LogP contribution in [0.15, 0.2) is 0 Å². The van der Waals surface area contributed by atoms with Crippen molar-refractivity contribution in [2.24, 2.45) is 5.92 Å². The van der Waals surface area contributed by atoms with Crippen LogP contribution in [0.1, 0.15) is 32.6 Å². The third kappa shape index (κ3) is 4.09. The lowest BCUT2D eigenvalue weighted by atomic mass is 10.1. The van der Waals surface area contributed by atoms with E-state index in [9.17, 15) is 9.59 Å². The second kappa shape index (κ2) is 7.11. The lowest BCUT2D eigenvalue weighted by Crippen LogP contribution is -2.54. The first-order valence-electron chi connectivity index (χ1n) is 7.96. The molecule has 0 spiro atoms. The third-order valence-electron chi connectivity index (χ3n) is 4.72. The summed E-state index contributed by atoms with van der Waals surface area (Å²) in [6.07, 6.45) is 5.26. The minimum absolute atomic E-state index is 0.0471. The van der Waals surface area contributed by atoms with E-state index in [4.69, 9.17) is 5.11 Å². The first-order valence-corrected chi connectivity index (χ1v) is 7.96. The standard InChI is InChI=1S/C15H27N3O3/c1-12(14(19)20)11-16(2)15(21)18-9-7-17(8-10-18)13-5-3-4-6-13/h12-13H,3-11H2,1-2H3,(H,19,20). The normalized spacial score (nSPS) is 22.3. The summed E-state index contributed by atoms with van der Waals surface area (Å²) in [7, 11) is 1.69. The molecule has 1 aliphatic carbocycles. The first kappa shape index (κ1) is 16.1. The maximum absolute atomic E-state index is 12.3. The lowest BCUT2D eigenvalue weighted by Gasteiger charge is -2.39. The van der Waals surface area contributed by atoms with Gasteiger partial charge in [-0.05, 0) is 12.8 Å². The smallest absolute Gasteiger partial charge is 0.319 e. The van der Waals surface area contributed by atoms with Gasteiger partial charge < -0.3 is 14.9 Å². The predicted molar refractivity (Wildman–Crippen MR) is 80.2 cm³/mol. The van der Waals surface area contributed by atoms with Crippen LogP contribution in [0, 0.1) is 5.92 Å². The van der Waals surface area contributed by atoms with E-state index in [-0.39, 0.29) is 12.6 Å². The molecule has 120 valence electrons. The van der Waals surface area contributed by atoms with E-state index in [2.05, 4.69) is 4.90 Å². The summed E-state index contributed by atoms with van der Waals surface area (Å²) in [4.78, 5) is 29.1. The van der Waals surface area contributed by atoms with E-state index in [0.29, 0.717) is 6.04 Å². The minimum Gasteiger partial charge on any atom is -0.481 e. The van der Waals surface area contributed by atoms with Crippen LogP contribution in [0.2, 0.25) is 0 Å². The van der Waals surface area contributed by atoms with Crippen LogP contribution in [-0.2, 0) is 4.79 Å². The number of hydrogen-bond acceptors (Lipinski definition) is 3. The molecule has 1 unspecified atom stereocenters. The number of piperazine rings is 1. The summed E-state index contributed by atoms with van der Waals surface area (Å²) in [6.45, 7) is 5.28. The number of carbonyl (C=O) groups excluding carboxylic acids is 1. The Bertz CT molecular complexity index is 374. The predicted octanol–water partition coefficient (Wildman–Crippen LogP) is 1.32. The maximum Gasteiger partial charge on any atom is 0.319 e. The fourth-order valence-electron chi connectivity index (χ4n) is 3.36. The van der Waals surface area contributed by atoms with Gasteiger partial charge in [0.1, 0.15) is 0 Å². The van der Waals surface area contributed by atoms with Crippen molar-refractivity contribution in [3.05, 3.63) is 0 Å². The van der Waals surface area contributed by atoms with Gasteiger partial charge in [-0.3, -0.25) is 9.69 Å². The highest BCUT2D eigenvalue weighted by Gasteiger charge is 2.29. The maximum atomic E-state index is 12.3. The van der Waals surface area contributed by atoms with Crippen molar-refractivity contribution in [3.63, 3.8) is 0 Å². The third-order valence-corrected chi connectivity index (χ3v) is 4.72. The van der Waals surface area contributed by atoms with Crippen molar-refractivity contribution < 1.29 is 14.7 Å². The van der Waals surface area contributed by atoms with Crippen LogP contribution in [-0.4, -0.2) is 77.6 Å². The van der Waals surface area contributed by atoms with Crippen molar-refractivity contribution in [3.8, 4) is 0 Å². The highest BCUT2D eigenvalue weighted by atomic mass is 16.4. The van der Waals surface area contributed by atoms with Gasteiger partial charge in [-0.25, -0.2) is 4.79 Å². The van der Waals surface area contributed by atoms with E-state index >= 15 is 0 Å². The summed E-state index contributed by atoms with van der Waals surface area (Å²) >= 11 is 0. The minimum atomic E-state index is -0.860. The number of aliphatic carboxylic acids is 1. The molecule has 2 rings (SSSR count). The van der Waals surface area contributed by atoms with Crippen molar-refractivity contribution in [1.29, 1.82) is 0 Å². The Kier molecular flexibility index (Phi) is 5.45. The number of hydrogen-bond donors (Lipinski definition) is 1. The number of carboxylic acid groups (broad SMARTS) is 1. The quantitative estimate of drug-likeness (QED) is 0.850. The summed E-state index contributed by atoms with van der Waals surface area (Å²) in [6, 6.07) is 0.668. The summed E-state index contributed by atoms with van der Waals surface area (Å²) in [5.41, 5.74) is 0. The van der Waals surface area contributed by atoms with Crippen molar-refractivity contribution >= 4 is 12.0 Å². The Labute approximate surface area is 126 Å². The number of rotatable bonds is 4. The molecule has 1 heterocycles. The number of carboxylic acids is 1. The first-order chi connectivity index (χ1) is 9.99. The lowest BCUT2D eigenvalue weighted by molar-refractivity contribution is -0.141. The molecule has 1 saturated carbocycles. The molecular formula is C15H27N3O3. The van der Waals surface area contributed by atoms with E-state index in [1.54, 1.807) is 14.0 Å². The van der Waals surface area contributed by atoms with Gasteiger partial charge in [-0.2, -0.15) is 0 Å². The van der Waals surface area contributed by atoms with Crippen molar-refractivity contribution in [1.82, 2.24) is 14.7 Å². The van der Waals surface area contributed by atoms with Crippen LogP contribution >= 0.6 is 0 Å². The molecule has 0 bridgehead atoms. The average Bonchev–Trinajstić information content (AvgIpc) is 3.00. The fraction of sp³-hybridized carbons (Fsp3) is 0.867. The van der Waals surface area contributed by atoms with Gasteiger partial charge in [0.2, 0.25) is 0 Å². The SMILES string of the molecule is CC(CN(C)C(=O)N1CCN(C2CCCC2)CC1)C(=O)O. The van der Waals surface area contributed by atoms with Gasteiger partial charge in [0.05, 0.1) is 5.92 Å². The highest BCUT2D eigenvalue weighted by molar-refractivity contribution is 5.76. The summed E-state index contributed by atoms with van der Waals surface area (Å²) in [5.74, 6) is -1.39. The van der Waals surface area contributed by atoms with Gasteiger partial charge in [0.25, 0.3) is 0 Å². The number of carbonyl (C=O) groups is 2. The highest BCUT2D eigenvalue weighted by Crippen LogP contribution is 2.24. The Morgan fingerprint density at radius 3 is 2.29 bits per heavy atom. The zero-order chi connectivity index (χ0) is 15.4. The molecule has 21 heavy (non-hydrogen) atoms. The van der Waals surface area contributed by atoms with Crippen LogP contribution in [0.25, 0.3) is 0 Å². The van der Waals surface area contributed by atoms with Crippen LogP contribution in [0.3, 0.4) is 0 Å². The molecule has 0 aromatic heterocycles. The van der Waals surface area contributed by atoms with Crippen LogP contribution < -0.4 is 0 Å². The number of nitrogens with zero attached hydrogens (tertiary/aromatic N) is 3. The van der Waals surface area contributed by atoms with Crippen molar-refractivity contribution in [2.45, 2.75) is 38.6 Å². The Morgan fingerprint density at radius 1 is 1.19 bits per heavy atom. The van der Waals surface area contributed by atoms with Gasteiger partial charge in [0.15, 0.2) is 0 Å². The van der Waals surface area contributed by atoms with E-state index < -0.39 is 11.9 Å². The molecule has 1 saturated heterocycles. The van der Waals surface area contributed by atoms with E-state index in [0.717, 1.165) is 26.2 Å². The zero-order valence-electron chi connectivity index (χ0n) is 13.1. The molecule has 0 radical (unpaired) electrons. The molecule has 6 nitrogen and oxygen atoms in total. The topological polar surface area (TPSA) is 64.1 Å². The Balaban J connectivity index is 1.78. The second-order valence-corrected chi connectivity index (χ2v) is 6.36.